The maximum atomic E-state index is 12.0. The summed E-state index contributed by atoms with van der Waals surface area (Å²) < 4.78 is 1.69. The summed E-state index contributed by atoms with van der Waals surface area (Å²) in [6, 6.07) is 9.37. The van der Waals surface area contributed by atoms with Gasteiger partial charge in [0.15, 0.2) is 5.78 Å². The van der Waals surface area contributed by atoms with Crippen LogP contribution in [0.2, 0.25) is 0 Å². The monoisotopic (exact) mass is 243 g/mol. The Kier molecular flexibility index (Phi) is 3.89. The zero-order chi connectivity index (χ0) is 13.0. The number of benzene rings is 1. The van der Waals surface area contributed by atoms with Crippen molar-refractivity contribution in [2.45, 2.75) is 18.9 Å². The van der Waals surface area contributed by atoms with E-state index >= 15 is 0 Å². The van der Waals surface area contributed by atoms with Gasteiger partial charge in [0.05, 0.1) is 12.2 Å². The highest BCUT2D eigenvalue weighted by Crippen LogP contribution is 2.05. The fraction of sp³-hybridized carbons (Fsp3) is 0.286. The molecular formula is C14H17N3O. The molecule has 2 aromatic rings. The van der Waals surface area contributed by atoms with Crippen LogP contribution in [0.4, 0.5) is 0 Å². The minimum Gasteiger partial charge on any atom is -0.321 e. The molecule has 1 aromatic heterocycles. The Labute approximate surface area is 106 Å². The van der Waals surface area contributed by atoms with Gasteiger partial charge in [0.25, 0.3) is 0 Å². The maximum Gasteiger partial charge on any atom is 0.154 e. The van der Waals surface area contributed by atoms with E-state index in [2.05, 4.69) is 5.10 Å². The quantitative estimate of drug-likeness (QED) is 0.855. The van der Waals surface area contributed by atoms with E-state index in [1.807, 2.05) is 43.6 Å². The van der Waals surface area contributed by atoms with Crippen molar-refractivity contribution in [1.82, 2.24) is 9.78 Å². The summed E-state index contributed by atoms with van der Waals surface area (Å²) in [6.07, 6.45) is 4.47. The second kappa shape index (κ2) is 5.60. The number of carbonyl (C=O) groups is 1. The fourth-order valence-corrected chi connectivity index (χ4v) is 1.88. The van der Waals surface area contributed by atoms with Crippen molar-refractivity contribution in [2.75, 3.05) is 0 Å². The minimum absolute atomic E-state index is 0.0480. The number of ketones is 1. The number of nitrogens with two attached hydrogens (primary N) is 1. The van der Waals surface area contributed by atoms with Crippen molar-refractivity contribution in [1.29, 1.82) is 0 Å². The Hall–Kier alpha value is -1.94. The minimum atomic E-state index is -0.451. The van der Waals surface area contributed by atoms with Crippen LogP contribution in [0.3, 0.4) is 0 Å². The average molecular weight is 243 g/mol. The van der Waals surface area contributed by atoms with Crippen LogP contribution in [0, 0.1) is 0 Å². The van der Waals surface area contributed by atoms with E-state index in [1.165, 1.54) is 0 Å². The highest BCUT2D eigenvalue weighted by molar-refractivity contribution is 5.86. The summed E-state index contributed by atoms with van der Waals surface area (Å²) in [5.74, 6) is 0.0480. The van der Waals surface area contributed by atoms with E-state index in [4.69, 9.17) is 5.73 Å². The highest BCUT2D eigenvalue weighted by Gasteiger charge is 2.15. The smallest absolute Gasteiger partial charge is 0.154 e. The molecule has 0 saturated carbocycles. The van der Waals surface area contributed by atoms with Gasteiger partial charge in [-0.3, -0.25) is 9.48 Å². The van der Waals surface area contributed by atoms with Crippen LogP contribution in [-0.4, -0.2) is 21.6 Å². The summed E-state index contributed by atoms with van der Waals surface area (Å²) in [7, 11) is 1.83. The normalized spacial score (nSPS) is 12.3. The van der Waals surface area contributed by atoms with Gasteiger partial charge in [0.1, 0.15) is 0 Å². The molecule has 0 aliphatic heterocycles. The molecule has 1 atom stereocenters. The van der Waals surface area contributed by atoms with Crippen molar-refractivity contribution in [2.24, 2.45) is 12.8 Å². The van der Waals surface area contributed by atoms with Gasteiger partial charge in [-0.1, -0.05) is 30.3 Å². The van der Waals surface area contributed by atoms with E-state index in [0.29, 0.717) is 12.8 Å². The molecule has 0 saturated heterocycles. The van der Waals surface area contributed by atoms with Gasteiger partial charge >= 0.3 is 0 Å². The van der Waals surface area contributed by atoms with Crippen LogP contribution in [0.1, 0.15) is 11.1 Å². The van der Waals surface area contributed by atoms with Crippen LogP contribution in [0.5, 0.6) is 0 Å². The summed E-state index contributed by atoms with van der Waals surface area (Å²) in [5.41, 5.74) is 7.92. The van der Waals surface area contributed by atoms with E-state index in [9.17, 15) is 4.79 Å². The van der Waals surface area contributed by atoms with E-state index in [-0.39, 0.29) is 5.78 Å². The predicted molar refractivity (Wildman–Crippen MR) is 70.0 cm³/mol. The largest absolute Gasteiger partial charge is 0.321 e. The third kappa shape index (κ3) is 3.28. The SMILES string of the molecule is Cn1cc(CC(=O)C(N)Cc2ccccc2)cn1. The maximum absolute atomic E-state index is 12.0. The lowest BCUT2D eigenvalue weighted by molar-refractivity contribution is -0.119. The lowest BCUT2D eigenvalue weighted by Crippen LogP contribution is -2.33. The molecule has 18 heavy (non-hydrogen) atoms. The number of hydrogen-bond acceptors (Lipinski definition) is 3. The number of Topliss-reactive ketones (excluding diaryl/α,β-unsaturated/α-hetero) is 1. The molecule has 0 radical (unpaired) electrons. The van der Waals surface area contributed by atoms with Crippen LogP contribution in [-0.2, 0) is 24.7 Å². The van der Waals surface area contributed by atoms with Crippen molar-refractivity contribution < 1.29 is 4.79 Å². The Morgan fingerprint density at radius 3 is 2.67 bits per heavy atom. The first-order chi connectivity index (χ1) is 8.65. The van der Waals surface area contributed by atoms with E-state index in [0.717, 1.165) is 11.1 Å². The van der Waals surface area contributed by atoms with Crippen LogP contribution < -0.4 is 5.73 Å². The molecule has 1 heterocycles. The topological polar surface area (TPSA) is 60.9 Å². The van der Waals surface area contributed by atoms with Gasteiger partial charge in [0.2, 0.25) is 0 Å². The summed E-state index contributed by atoms with van der Waals surface area (Å²) in [6.45, 7) is 0. The molecule has 0 aliphatic carbocycles. The van der Waals surface area contributed by atoms with Gasteiger partial charge in [0, 0.05) is 19.7 Å². The molecule has 94 valence electrons. The van der Waals surface area contributed by atoms with E-state index in [1.54, 1.807) is 10.9 Å². The van der Waals surface area contributed by atoms with Gasteiger partial charge in [-0.25, -0.2) is 0 Å². The Morgan fingerprint density at radius 1 is 1.33 bits per heavy atom. The molecule has 0 aliphatic rings. The van der Waals surface area contributed by atoms with Gasteiger partial charge in [-0.2, -0.15) is 5.10 Å². The van der Waals surface area contributed by atoms with Gasteiger partial charge < -0.3 is 5.73 Å². The highest BCUT2D eigenvalue weighted by atomic mass is 16.1. The fourth-order valence-electron chi connectivity index (χ4n) is 1.88. The number of aromatic nitrogens is 2. The number of carbonyl (C=O) groups excluding carboxylic acids is 1. The van der Waals surface area contributed by atoms with Crippen LogP contribution >= 0.6 is 0 Å². The number of rotatable bonds is 5. The van der Waals surface area contributed by atoms with Crippen LogP contribution in [0.15, 0.2) is 42.7 Å². The first-order valence-corrected chi connectivity index (χ1v) is 5.95. The first kappa shape index (κ1) is 12.5. The van der Waals surface area contributed by atoms with Crippen molar-refractivity contribution in [3.8, 4) is 0 Å². The lowest BCUT2D eigenvalue weighted by atomic mass is 10.00. The van der Waals surface area contributed by atoms with Crippen molar-refractivity contribution >= 4 is 5.78 Å². The Morgan fingerprint density at radius 2 is 2.06 bits per heavy atom. The molecule has 0 bridgehead atoms. The molecule has 2 rings (SSSR count). The van der Waals surface area contributed by atoms with Crippen molar-refractivity contribution in [3.63, 3.8) is 0 Å². The van der Waals surface area contributed by atoms with Gasteiger partial charge in [-0.15, -0.1) is 0 Å². The van der Waals surface area contributed by atoms with Gasteiger partial charge in [-0.05, 0) is 17.5 Å². The Bertz CT molecular complexity index is 519. The summed E-state index contributed by atoms with van der Waals surface area (Å²) in [5, 5.41) is 4.04. The number of nitrogens with zero attached hydrogens (tertiary/aromatic N) is 2. The molecular weight excluding hydrogens is 226 g/mol. The second-order valence-corrected chi connectivity index (χ2v) is 4.46. The molecule has 0 spiro atoms. The number of aryl methyl sites for hydroxylation is 1. The zero-order valence-corrected chi connectivity index (χ0v) is 10.4. The number of hydrogen-bond donors (Lipinski definition) is 1. The third-order valence-corrected chi connectivity index (χ3v) is 2.85. The van der Waals surface area contributed by atoms with E-state index < -0.39 is 6.04 Å². The molecule has 0 fully saturated rings. The standard InChI is InChI=1S/C14H17N3O/c1-17-10-12(9-16-17)8-14(18)13(15)7-11-5-3-2-4-6-11/h2-6,9-10,13H,7-8,15H2,1H3. The average Bonchev–Trinajstić information content (AvgIpc) is 2.76. The zero-order valence-electron chi connectivity index (χ0n) is 10.4. The molecule has 2 N–H and O–H groups in total. The van der Waals surface area contributed by atoms with Crippen molar-refractivity contribution in [3.05, 3.63) is 53.9 Å². The third-order valence-electron chi connectivity index (χ3n) is 2.85. The molecule has 4 nitrogen and oxygen atoms in total. The van der Waals surface area contributed by atoms with Crippen LogP contribution in [0.25, 0.3) is 0 Å². The summed E-state index contributed by atoms with van der Waals surface area (Å²) >= 11 is 0. The molecule has 0 amide bonds. The Balaban J connectivity index is 1.93. The summed E-state index contributed by atoms with van der Waals surface area (Å²) in [4.78, 5) is 12.0. The molecule has 4 heteroatoms. The predicted octanol–water partition coefficient (Wildman–Crippen LogP) is 1.10. The second-order valence-electron chi connectivity index (χ2n) is 4.46. The first-order valence-electron chi connectivity index (χ1n) is 5.95. The lowest BCUT2D eigenvalue weighted by Gasteiger charge is -2.09. The molecule has 1 aromatic carbocycles. The molecule has 1 unspecified atom stereocenters.